The SMILES string of the molecule is O=S(=O)(N=C([O-])C(F)(F)C(F)(F)C(F)(F)F)C(F)(F)C(F)(F)C(F)(F)C(F)(F)F. The van der Waals surface area contributed by atoms with Gasteiger partial charge in [-0.2, -0.15) is 83.1 Å². The summed E-state index contributed by atoms with van der Waals surface area (Å²) in [4.78, 5) is 0. The molecule has 29 heavy (non-hydrogen) atoms. The van der Waals surface area contributed by atoms with Crippen LogP contribution in [0.3, 0.4) is 0 Å². The number of hydrogen-bond acceptors (Lipinski definition) is 3. The molecule has 0 atom stereocenters. The van der Waals surface area contributed by atoms with E-state index in [-0.39, 0.29) is 4.40 Å². The molecule has 4 nitrogen and oxygen atoms in total. The largest absolute Gasteiger partial charge is 0.857 e. The minimum absolute atomic E-state index is 0.267. The van der Waals surface area contributed by atoms with Crippen molar-refractivity contribution in [2.24, 2.45) is 4.40 Å². The molecule has 0 radical (unpaired) electrons. The Morgan fingerprint density at radius 2 is 0.897 bits per heavy atom. The summed E-state index contributed by atoms with van der Waals surface area (Å²) in [6.07, 6.45) is -15.0. The fraction of sp³-hybridized carbons (Fsp3) is 0.875. The third kappa shape index (κ3) is 3.88. The summed E-state index contributed by atoms with van der Waals surface area (Å²) >= 11 is 0. The molecular weight excluding hydrogens is 494 g/mol. The second-order valence-electron chi connectivity index (χ2n) is 4.68. The Kier molecular flexibility index (Phi) is 6.26. The average molecular weight is 494 g/mol. The molecule has 0 rings (SSSR count). The van der Waals surface area contributed by atoms with Gasteiger partial charge >= 0.3 is 51.3 Å². The van der Waals surface area contributed by atoms with Gasteiger partial charge in [0.1, 0.15) is 0 Å². The fourth-order valence-electron chi connectivity index (χ4n) is 1.06. The zero-order valence-corrected chi connectivity index (χ0v) is 12.9. The highest BCUT2D eigenvalue weighted by molar-refractivity contribution is 7.91. The molecule has 0 aromatic rings. The quantitative estimate of drug-likeness (QED) is 0.324. The molecule has 0 aromatic carbocycles. The molecule has 0 saturated heterocycles. The van der Waals surface area contributed by atoms with Gasteiger partial charge in [0.25, 0.3) is 0 Å². The van der Waals surface area contributed by atoms with E-state index in [1.165, 1.54) is 0 Å². The molecule has 174 valence electrons. The van der Waals surface area contributed by atoms with E-state index in [0.29, 0.717) is 0 Å². The molecule has 0 amide bonds. The fourth-order valence-corrected chi connectivity index (χ4v) is 1.96. The second kappa shape index (κ2) is 6.65. The number of nitrogens with zero attached hydrogens (tertiary/aromatic N) is 1. The average Bonchev–Trinajstić information content (AvgIpc) is 2.43. The van der Waals surface area contributed by atoms with Gasteiger partial charge in [0.2, 0.25) is 0 Å². The topological polar surface area (TPSA) is 69.6 Å². The van der Waals surface area contributed by atoms with Crippen molar-refractivity contribution in [3.8, 4) is 0 Å². The van der Waals surface area contributed by atoms with E-state index in [4.69, 9.17) is 0 Å². The number of rotatable bonds is 6. The van der Waals surface area contributed by atoms with Gasteiger partial charge in [0.05, 0.1) is 5.90 Å². The van der Waals surface area contributed by atoms with Gasteiger partial charge in [-0.05, 0) is 0 Å². The highest BCUT2D eigenvalue weighted by Gasteiger charge is 2.85. The summed E-state index contributed by atoms with van der Waals surface area (Å²) in [6.45, 7) is 0. The van der Waals surface area contributed by atoms with Gasteiger partial charge in [0.15, 0.2) is 0 Å². The molecule has 0 fully saturated rings. The van der Waals surface area contributed by atoms with Gasteiger partial charge in [0, 0.05) is 0 Å². The summed E-state index contributed by atoms with van der Waals surface area (Å²) in [5.74, 6) is -35.7. The standard InChI is InChI=1S/C8HF16NO3S/c9-2(10,3(11,12)6(17,18)19)1(26)25-29(27,28)8(23,24)5(15,16)4(13,14)7(20,21)22/h(H,25,26)/p-1. The molecule has 0 aliphatic carbocycles. The zero-order valence-electron chi connectivity index (χ0n) is 12.1. The van der Waals surface area contributed by atoms with Gasteiger partial charge < -0.3 is 5.11 Å². The molecule has 0 aliphatic heterocycles. The number of halogens is 16. The molecule has 0 bridgehead atoms. The van der Waals surface area contributed by atoms with Crippen LogP contribution in [0.15, 0.2) is 4.40 Å². The molecule has 0 heterocycles. The van der Waals surface area contributed by atoms with Crippen LogP contribution in [0.25, 0.3) is 0 Å². The smallest absolute Gasteiger partial charge is 0.460 e. The molecule has 21 heteroatoms. The summed E-state index contributed by atoms with van der Waals surface area (Å²) in [5, 5.41) is 2.64. The monoisotopic (exact) mass is 494 g/mol. The van der Waals surface area contributed by atoms with Crippen LogP contribution in [0.1, 0.15) is 0 Å². The molecule has 0 unspecified atom stereocenters. The van der Waals surface area contributed by atoms with E-state index in [1.54, 1.807) is 0 Å². The minimum Gasteiger partial charge on any atom is -0.857 e. The number of hydrogen-bond donors (Lipinski definition) is 0. The van der Waals surface area contributed by atoms with Crippen LogP contribution in [-0.4, -0.2) is 55.6 Å². The van der Waals surface area contributed by atoms with Crippen molar-refractivity contribution in [2.45, 2.75) is 41.3 Å². The lowest BCUT2D eigenvalue weighted by molar-refractivity contribution is -0.382. The van der Waals surface area contributed by atoms with Crippen LogP contribution < -0.4 is 5.11 Å². The Balaban J connectivity index is 6.60. The van der Waals surface area contributed by atoms with Crippen LogP contribution in [0.4, 0.5) is 70.2 Å². The Morgan fingerprint density at radius 1 is 0.586 bits per heavy atom. The van der Waals surface area contributed by atoms with Crippen LogP contribution in [0.5, 0.6) is 0 Å². The third-order valence-electron chi connectivity index (χ3n) is 2.66. The normalized spacial score (nSPS) is 16.9. The first kappa shape index (κ1) is 27.3. The first-order valence-electron chi connectivity index (χ1n) is 5.67. The van der Waals surface area contributed by atoms with Gasteiger partial charge in [-0.25, -0.2) is 0 Å². The van der Waals surface area contributed by atoms with Gasteiger partial charge in [-0.3, -0.25) is 0 Å². The van der Waals surface area contributed by atoms with Crippen molar-refractivity contribution < 1.29 is 83.8 Å². The van der Waals surface area contributed by atoms with Crippen molar-refractivity contribution >= 4 is 15.9 Å². The first-order valence-corrected chi connectivity index (χ1v) is 7.11. The predicted molar refractivity (Wildman–Crippen MR) is 53.2 cm³/mol. The molecule has 0 aliphatic rings. The van der Waals surface area contributed by atoms with Crippen LogP contribution in [0, 0.1) is 0 Å². The maximum atomic E-state index is 13.1. The Morgan fingerprint density at radius 3 is 1.17 bits per heavy atom. The highest BCUT2D eigenvalue weighted by Crippen LogP contribution is 2.55. The third-order valence-corrected chi connectivity index (χ3v) is 3.97. The minimum atomic E-state index is -8.32. The Labute approximate surface area is 146 Å². The predicted octanol–water partition coefficient (Wildman–Crippen LogP) is 3.33. The lowest BCUT2D eigenvalue weighted by atomic mass is 10.1. The van der Waals surface area contributed by atoms with Crippen molar-refractivity contribution in [1.82, 2.24) is 0 Å². The van der Waals surface area contributed by atoms with E-state index in [1.807, 2.05) is 0 Å². The lowest BCUT2D eigenvalue weighted by Gasteiger charge is -2.33. The van der Waals surface area contributed by atoms with Crippen molar-refractivity contribution in [2.75, 3.05) is 0 Å². The Bertz CT molecular complexity index is 760. The summed E-state index contributed by atoms with van der Waals surface area (Å²) in [7, 11) is -8.32. The maximum absolute atomic E-state index is 13.1. The van der Waals surface area contributed by atoms with Crippen molar-refractivity contribution in [3.63, 3.8) is 0 Å². The maximum Gasteiger partial charge on any atom is 0.460 e. The number of sulfonamides is 1. The highest BCUT2D eigenvalue weighted by atomic mass is 32.2. The van der Waals surface area contributed by atoms with E-state index >= 15 is 0 Å². The Hall–Kier alpha value is -1.70. The zero-order chi connectivity index (χ0) is 24.3. The first-order chi connectivity index (χ1) is 12.1. The molecule has 0 aromatic heterocycles. The van der Waals surface area contributed by atoms with Crippen LogP contribution >= 0.6 is 0 Å². The second-order valence-corrected chi connectivity index (χ2v) is 6.33. The number of alkyl halides is 16. The van der Waals surface area contributed by atoms with Crippen LogP contribution in [-0.2, 0) is 10.0 Å². The van der Waals surface area contributed by atoms with Crippen molar-refractivity contribution in [1.29, 1.82) is 0 Å². The van der Waals surface area contributed by atoms with E-state index in [2.05, 4.69) is 0 Å². The van der Waals surface area contributed by atoms with E-state index in [0.717, 1.165) is 0 Å². The summed E-state index contributed by atoms with van der Waals surface area (Å²) < 4.78 is 220. The van der Waals surface area contributed by atoms with Gasteiger partial charge in [-0.15, -0.1) is 0 Å². The van der Waals surface area contributed by atoms with Crippen LogP contribution in [0.2, 0.25) is 0 Å². The van der Waals surface area contributed by atoms with E-state index < -0.39 is 57.2 Å². The van der Waals surface area contributed by atoms with E-state index in [9.17, 15) is 83.8 Å². The lowest BCUT2D eigenvalue weighted by Crippen LogP contribution is -2.63. The van der Waals surface area contributed by atoms with Gasteiger partial charge in [-0.1, -0.05) is 0 Å². The molecule has 0 saturated carbocycles. The summed E-state index contributed by atoms with van der Waals surface area (Å²) in [6, 6.07) is 0. The van der Waals surface area contributed by atoms with Crippen molar-refractivity contribution in [3.05, 3.63) is 0 Å². The molecule has 0 spiro atoms. The summed E-state index contributed by atoms with van der Waals surface area (Å²) in [5.41, 5.74) is 0. The molecular formula is C8F16NO3S-. The molecule has 0 N–H and O–H groups in total.